The zero-order valence-electron chi connectivity index (χ0n) is 22.3. The number of Topliss-reactive ketones (excluding diaryl/α,β-unsaturated/α-hetero) is 1. The molecule has 2 fully saturated rings. The van der Waals surface area contributed by atoms with Gasteiger partial charge in [-0.3, -0.25) is 19.3 Å². The molecule has 218 valence electrons. The van der Waals surface area contributed by atoms with Gasteiger partial charge in [0.2, 0.25) is 11.8 Å². The Morgan fingerprint density at radius 3 is 2.16 bits per heavy atom. The lowest BCUT2D eigenvalue weighted by Crippen LogP contribution is -2.34. The van der Waals surface area contributed by atoms with Crippen LogP contribution in [0.15, 0.2) is 77.3 Å². The van der Waals surface area contributed by atoms with Gasteiger partial charge in [-0.25, -0.2) is 9.78 Å². The Morgan fingerprint density at radius 2 is 1.53 bits per heavy atom. The van der Waals surface area contributed by atoms with Crippen LogP contribution in [0.1, 0.15) is 33.6 Å². The van der Waals surface area contributed by atoms with Crippen molar-refractivity contribution >= 4 is 99.5 Å². The van der Waals surface area contributed by atoms with Gasteiger partial charge in [-0.1, -0.05) is 95.8 Å². The average Bonchev–Trinajstić information content (AvgIpc) is 3.24. The van der Waals surface area contributed by atoms with Crippen molar-refractivity contribution in [2.24, 2.45) is 11.8 Å². The molecule has 43 heavy (non-hydrogen) atoms. The highest BCUT2D eigenvalue weighted by Gasteiger charge is 2.52. The number of rotatable bonds is 6. The van der Waals surface area contributed by atoms with Crippen molar-refractivity contribution in [3.05, 3.63) is 93.4 Å². The summed E-state index contributed by atoms with van der Waals surface area (Å²) < 4.78 is 6.26. The smallest absolute Gasteiger partial charge is 0.339 e. The standard InChI is InChI=1S/C32H22Br3ClN2O5/c33-18-8-4-17(5-9-18)28(39)15-43-32(42)23-14-27(37-29-20(23)2-1-3-26(29)36)16-6-10-19(11-7-16)38-30(40)21-12-24(34)25(35)13-22(21)31(38)41/h1-11,14,21-22,24-25H,12-13,15H2. The first kappa shape index (κ1) is 30.1. The van der Waals surface area contributed by atoms with E-state index in [4.69, 9.17) is 21.3 Å². The molecule has 11 heteroatoms. The summed E-state index contributed by atoms with van der Waals surface area (Å²) in [5, 5.41) is 0.835. The third kappa shape index (κ3) is 5.82. The minimum Gasteiger partial charge on any atom is -0.454 e. The number of halogens is 4. The summed E-state index contributed by atoms with van der Waals surface area (Å²) in [6.07, 6.45) is 1.18. The summed E-state index contributed by atoms with van der Waals surface area (Å²) in [4.78, 5) is 58.6. The molecule has 1 saturated heterocycles. The van der Waals surface area contributed by atoms with E-state index >= 15 is 0 Å². The van der Waals surface area contributed by atoms with E-state index in [0.29, 0.717) is 51.3 Å². The van der Waals surface area contributed by atoms with Crippen LogP contribution >= 0.6 is 59.4 Å². The molecule has 2 amide bonds. The number of anilines is 1. The second-order valence-electron chi connectivity index (χ2n) is 10.5. The zero-order valence-corrected chi connectivity index (χ0v) is 27.8. The molecule has 0 N–H and O–H groups in total. The number of ether oxygens (including phenoxy) is 1. The van der Waals surface area contributed by atoms with Crippen molar-refractivity contribution in [2.45, 2.75) is 22.5 Å². The van der Waals surface area contributed by atoms with Gasteiger partial charge >= 0.3 is 5.97 Å². The fourth-order valence-corrected chi connectivity index (χ4v) is 7.31. The molecule has 2 aliphatic rings. The fourth-order valence-electron chi connectivity index (χ4n) is 5.59. The van der Waals surface area contributed by atoms with E-state index in [-0.39, 0.29) is 44.7 Å². The quantitative estimate of drug-likeness (QED) is 0.0858. The average molecular weight is 790 g/mol. The molecular weight excluding hydrogens is 768 g/mol. The molecule has 1 saturated carbocycles. The first-order valence-electron chi connectivity index (χ1n) is 13.4. The normalized spacial score (nSPS) is 21.6. The lowest BCUT2D eigenvalue weighted by atomic mass is 9.81. The highest BCUT2D eigenvalue weighted by atomic mass is 79.9. The molecule has 3 aromatic carbocycles. The van der Waals surface area contributed by atoms with Crippen molar-refractivity contribution in [2.75, 3.05) is 11.5 Å². The first-order valence-corrected chi connectivity index (χ1v) is 16.4. The predicted octanol–water partition coefficient (Wildman–Crippen LogP) is 7.78. The van der Waals surface area contributed by atoms with Gasteiger partial charge in [0.15, 0.2) is 12.4 Å². The number of benzene rings is 3. The van der Waals surface area contributed by atoms with Crippen LogP contribution < -0.4 is 4.90 Å². The molecule has 0 radical (unpaired) electrons. The summed E-state index contributed by atoms with van der Waals surface area (Å²) >= 11 is 17.1. The van der Waals surface area contributed by atoms with Gasteiger partial charge in [0, 0.05) is 30.6 Å². The summed E-state index contributed by atoms with van der Waals surface area (Å²) in [7, 11) is 0. The lowest BCUT2D eigenvalue weighted by molar-refractivity contribution is -0.122. The van der Waals surface area contributed by atoms with E-state index in [1.807, 2.05) is 0 Å². The van der Waals surface area contributed by atoms with Crippen LogP contribution in [0.25, 0.3) is 22.2 Å². The number of hydrogen-bond acceptors (Lipinski definition) is 6. The maximum Gasteiger partial charge on any atom is 0.339 e. The van der Waals surface area contributed by atoms with Crippen LogP contribution in [0, 0.1) is 11.8 Å². The number of fused-ring (bicyclic) bond motifs is 2. The summed E-state index contributed by atoms with van der Waals surface area (Å²) in [5.41, 5.74) is 2.60. The Kier molecular flexibility index (Phi) is 8.56. The third-order valence-electron chi connectivity index (χ3n) is 7.84. The number of carbonyl (C=O) groups excluding carboxylic acids is 4. The lowest BCUT2D eigenvalue weighted by Gasteiger charge is -2.29. The Labute approximate surface area is 277 Å². The van der Waals surface area contributed by atoms with Crippen LogP contribution in [-0.4, -0.2) is 44.8 Å². The number of ketones is 1. The molecule has 0 bridgehead atoms. The summed E-state index contributed by atoms with van der Waals surface area (Å²) in [6.45, 7) is -0.430. The van der Waals surface area contributed by atoms with Gasteiger partial charge in [0.25, 0.3) is 0 Å². The second kappa shape index (κ2) is 12.2. The molecule has 7 nitrogen and oxygen atoms in total. The van der Waals surface area contributed by atoms with Crippen LogP contribution in [0.3, 0.4) is 0 Å². The number of esters is 1. The molecule has 4 aromatic rings. The Morgan fingerprint density at radius 1 is 0.907 bits per heavy atom. The Hall–Kier alpha value is -2.92. The molecule has 1 aromatic heterocycles. The molecule has 4 atom stereocenters. The van der Waals surface area contributed by atoms with Gasteiger partial charge < -0.3 is 4.74 Å². The van der Waals surface area contributed by atoms with E-state index in [1.165, 1.54) is 4.90 Å². The van der Waals surface area contributed by atoms with Crippen LogP contribution in [0.5, 0.6) is 0 Å². The van der Waals surface area contributed by atoms with E-state index in [1.54, 1.807) is 72.8 Å². The summed E-state index contributed by atoms with van der Waals surface area (Å²) in [6, 6.07) is 20.4. The minimum atomic E-state index is -0.691. The predicted molar refractivity (Wildman–Crippen MR) is 175 cm³/mol. The van der Waals surface area contributed by atoms with Crippen LogP contribution in [-0.2, 0) is 14.3 Å². The molecule has 2 heterocycles. The highest BCUT2D eigenvalue weighted by molar-refractivity contribution is 9.12. The molecule has 1 aliphatic heterocycles. The number of imide groups is 1. The van der Waals surface area contributed by atoms with Crippen LogP contribution in [0.2, 0.25) is 5.02 Å². The maximum absolute atomic E-state index is 13.3. The van der Waals surface area contributed by atoms with Gasteiger partial charge in [-0.05, 0) is 49.2 Å². The van der Waals surface area contributed by atoms with Gasteiger partial charge in [0.1, 0.15) is 0 Å². The number of carbonyl (C=O) groups is 4. The van der Waals surface area contributed by atoms with Crippen molar-refractivity contribution in [1.82, 2.24) is 4.98 Å². The number of amides is 2. The van der Waals surface area contributed by atoms with Gasteiger partial charge in [-0.2, -0.15) is 0 Å². The largest absolute Gasteiger partial charge is 0.454 e. The van der Waals surface area contributed by atoms with E-state index in [9.17, 15) is 19.2 Å². The molecule has 1 aliphatic carbocycles. The van der Waals surface area contributed by atoms with Crippen molar-refractivity contribution in [1.29, 1.82) is 0 Å². The van der Waals surface area contributed by atoms with E-state index < -0.39 is 12.6 Å². The zero-order chi connectivity index (χ0) is 30.4. The molecule has 6 rings (SSSR count). The number of hydrogen-bond donors (Lipinski definition) is 0. The van der Waals surface area contributed by atoms with Crippen molar-refractivity contribution < 1.29 is 23.9 Å². The third-order valence-corrected chi connectivity index (χ3v) is 11.4. The van der Waals surface area contributed by atoms with Crippen LogP contribution in [0.4, 0.5) is 5.69 Å². The minimum absolute atomic E-state index is 0.124. The molecular formula is C32H22Br3ClN2O5. The Balaban J connectivity index is 1.28. The molecule has 0 spiro atoms. The number of alkyl halides is 2. The summed E-state index contributed by atoms with van der Waals surface area (Å²) in [5.74, 6) is -2.10. The second-order valence-corrected chi connectivity index (χ2v) is 14.1. The van der Waals surface area contributed by atoms with E-state index in [0.717, 1.165) is 4.47 Å². The van der Waals surface area contributed by atoms with Gasteiger partial charge in [-0.15, -0.1) is 0 Å². The maximum atomic E-state index is 13.3. The SMILES string of the molecule is O=C(COC(=O)c1cc(-c2ccc(N3C(=O)C4CC(Br)C(Br)CC4C3=O)cc2)nc2c(Cl)cccc12)c1ccc(Br)cc1. The highest BCUT2D eigenvalue weighted by Crippen LogP contribution is 2.44. The topological polar surface area (TPSA) is 93.6 Å². The number of pyridine rings is 1. The fraction of sp³-hybridized carbons (Fsp3) is 0.219. The van der Waals surface area contributed by atoms with Crippen molar-refractivity contribution in [3.63, 3.8) is 0 Å². The Bertz CT molecular complexity index is 1750. The number of aromatic nitrogens is 1. The monoisotopic (exact) mass is 786 g/mol. The van der Waals surface area contributed by atoms with Crippen molar-refractivity contribution in [3.8, 4) is 11.3 Å². The number of para-hydroxylation sites is 1. The first-order chi connectivity index (χ1) is 20.6. The van der Waals surface area contributed by atoms with E-state index in [2.05, 4.69) is 47.8 Å². The van der Waals surface area contributed by atoms with Gasteiger partial charge in [0.05, 0.1) is 39.3 Å². The molecule has 4 unspecified atom stereocenters. The number of nitrogens with zero attached hydrogens (tertiary/aromatic N) is 2.